The highest BCUT2D eigenvalue weighted by molar-refractivity contribution is 6.02. The minimum atomic E-state index is -0.516. The zero-order valence-electron chi connectivity index (χ0n) is 12.6. The summed E-state index contributed by atoms with van der Waals surface area (Å²) in [6, 6.07) is 11.6. The second-order valence-corrected chi connectivity index (χ2v) is 5.11. The number of hydrogen-bond acceptors (Lipinski definition) is 5. The van der Waals surface area contributed by atoms with Gasteiger partial charge in [-0.25, -0.2) is 4.39 Å². The molecule has 3 rings (SSSR count). The molecule has 0 saturated carbocycles. The van der Waals surface area contributed by atoms with Crippen molar-refractivity contribution in [2.24, 2.45) is 4.99 Å². The molecule has 0 aromatic heterocycles. The van der Waals surface area contributed by atoms with Crippen molar-refractivity contribution in [2.45, 2.75) is 0 Å². The Hall–Kier alpha value is -3.40. The quantitative estimate of drug-likeness (QED) is 0.737. The van der Waals surface area contributed by atoms with Gasteiger partial charge in [0.2, 0.25) is 6.41 Å². The third-order valence-electron chi connectivity index (χ3n) is 3.54. The molecule has 1 heterocycles. The van der Waals surface area contributed by atoms with Gasteiger partial charge >= 0.3 is 0 Å². The van der Waals surface area contributed by atoms with E-state index in [9.17, 15) is 9.18 Å². The number of hydrogen-bond donors (Lipinski definition) is 3. The lowest BCUT2D eigenvalue weighted by Gasteiger charge is -2.14. The average molecular weight is 323 g/mol. The van der Waals surface area contributed by atoms with Crippen LogP contribution in [0.25, 0.3) is 0 Å². The highest BCUT2D eigenvalue weighted by atomic mass is 19.1. The number of nitriles is 1. The first-order valence-corrected chi connectivity index (χ1v) is 7.31. The van der Waals surface area contributed by atoms with E-state index in [1.54, 1.807) is 30.3 Å². The Bertz CT molecular complexity index is 839. The number of amidine groups is 1. The molecule has 0 bridgehead atoms. The summed E-state index contributed by atoms with van der Waals surface area (Å²) in [5.74, 6) is 0.0883. The summed E-state index contributed by atoms with van der Waals surface area (Å²) in [5.41, 5.74) is 2.13. The predicted molar refractivity (Wildman–Crippen MR) is 89.9 cm³/mol. The van der Waals surface area contributed by atoms with Gasteiger partial charge in [-0.2, -0.15) is 5.26 Å². The van der Waals surface area contributed by atoms with Crippen molar-refractivity contribution in [1.82, 2.24) is 5.32 Å². The van der Waals surface area contributed by atoms with Crippen molar-refractivity contribution < 1.29 is 9.18 Å². The van der Waals surface area contributed by atoms with E-state index < -0.39 is 5.82 Å². The van der Waals surface area contributed by atoms with E-state index >= 15 is 0 Å². The summed E-state index contributed by atoms with van der Waals surface area (Å²) in [7, 11) is 0. The number of carbonyl (C=O) groups is 1. The monoisotopic (exact) mass is 323 g/mol. The Morgan fingerprint density at radius 3 is 2.71 bits per heavy atom. The minimum Gasteiger partial charge on any atom is -0.368 e. The highest BCUT2D eigenvalue weighted by Gasteiger charge is 2.16. The molecule has 0 saturated heterocycles. The van der Waals surface area contributed by atoms with Crippen LogP contribution in [0.1, 0.15) is 11.1 Å². The fourth-order valence-electron chi connectivity index (χ4n) is 2.41. The van der Waals surface area contributed by atoms with E-state index in [-0.39, 0.29) is 5.69 Å². The van der Waals surface area contributed by atoms with Gasteiger partial charge in [0.25, 0.3) is 0 Å². The van der Waals surface area contributed by atoms with Crippen molar-refractivity contribution >= 4 is 29.3 Å². The summed E-state index contributed by atoms with van der Waals surface area (Å²) in [6.07, 6.45) is 0.492. The molecule has 1 aliphatic heterocycles. The molecule has 0 radical (unpaired) electrons. The van der Waals surface area contributed by atoms with Crippen LogP contribution in [0.2, 0.25) is 0 Å². The molecule has 0 atom stereocenters. The first-order valence-electron chi connectivity index (χ1n) is 7.31. The molecular weight excluding hydrogens is 309 g/mol. The van der Waals surface area contributed by atoms with Gasteiger partial charge < -0.3 is 16.0 Å². The molecule has 0 fully saturated rings. The van der Waals surface area contributed by atoms with Crippen LogP contribution in [0.5, 0.6) is 0 Å². The number of nitrogens with one attached hydrogen (secondary N) is 3. The van der Waals surface area contributed by atoms with Crippen molar-refractivity contribution in [3.05, 3.63) is 53.3 Å². The number of amides is 1. The zero-order valence-corrected chi connectivity index (χ0v) is 12.6. The topological polar surface area (TPSA) is 89.3 Å². The van der Waals surface area contributed by atoms with Gasteiger partial charge in [0.15, 0.2) is 0 Å². The number of rotatable bonds is 5. The molecule has 0 unspecified atom stereocenters. The minimum absolute atomic E-state index is 0.147. The van der Waals surface area contributed by atoms with Crippen LogP contribution >= 0.6 is 0 Å². The largest absolute Gasteiger partial charge is 0.368 e. The summed E-state index contributed by atoms with van der Waals surface area (Å²) in [4.78, 5) is 15.1. The maximum absolute atomic E-state index is 14.6. The van der Waals surface area contributed by atoms with Crippen LogP contribution < -0.4 is 16.0 Å². The molecule has 1 amide bonds. The van der Waals surface area contributed by atoms with E-state index in [0.29, 0.717) is 47.8 Å². The number of benzene rings is 2. The maximum Gasteiger partial charge on any atom is 0.211 e. The van der Waals surface area contributed by atoms with Crippen molar-refractivity contribution in [3.63, 3.8) is 0 Å². The summed E-state index contributed by atoms with van der Waals surface area (Å²) in [5, 5.41) is 17.3. The fraction of sp³-hybridized carbons (Fsp3) is 0.118. The highest BCUT2D eigenvalue weighted by Crippen LogP contribution is 2.30. The lowest BCUT2D eigenvalue weighted by Crippen LogP contribution is -2.20. The van der Waals surface area contributed by atoms with Crippen molar-refractivity contribution in [2.75, 3.05) is 23.7 Å². The van der Waals surface area contributed by atoms with Crippen LogP contribution in [0.4, 0.5) is 21.5 Å². The predicted octanol–water partition coefficient (Wildman–Crippen LogP) is 2.36. The normalized spacial score (nSPS) is 12.8. The van der Waals surface area contributed by atoms with Gasteiger partial charge in [0.1, 0.15) is 11.7 Å². The molecule has 24 heavy (non-hydrogen) atoms. The fourth-order valence-corrected chi connectivity index (χ4v) is 2.41. The number of halogens is 1. The molecule has 3 N–H and O–H groups in total. The van der Waals surface area contributed by atoms with Gasteiger partial charge in [0, 0.05) is 17.8 Å². The third kappa shape index (κ3) is 3.17. The summed E-state index contributed by atoms with van der Waals surface area (Å²) >= 11 is 0. The summed E-state index contributed by atoms with van der Waals surface area (Å²) < 4.78 is 14.6. The second-order valence-electron chi connectivity index (χ2n) is 5.11. The first-order chi connectivity index (χ1) is 11.7. The Labute approximate surface area is 138 Å². The number of anilines is 3. The average Bonchev–Trinajstić information content (AvgIpc) is 3.13. The molecule has 120 valence electrons. The van der Waals surface area contributed by atoms with Crippen molar-refractivity contribution in [1.29, 1.82) is 5.26 Å². The third-order valence-corrected chi connectivity index (χ3v) is 3.54. The lowest BCUT2D eigenvalue weighted by atomic mass is 10.1. The van der Waals surface area contributed by atoms with Crippen LogP contribution in [0, 0.1) is 17.1 Å². The van der Waals surface area contributed by atoms with E-state index in [1.807, 2.05) is 6.07 Å². The van der Waals surface area contributed by atoms with Gasteiger partial charge in [-0.3, -0.25) is 9.79 Å². The zero-order chi connectivity index (χ0) is 16.9. The Balaban J connectivity index is 1.96. The molecule has 7 heteroatoms. The van der Waals surface area contributed by atoms with Crippen LogP contribution in [-0.2, 0) is 4.79 Å². The van der Waals surface area contributed by atoms with E-state index in [4.69, 9.17) is 5.26 Å². The van der Waals surface area contributed by atoms with Gasteiger partial charge in [0.05, 0.1) is 29.6 Å². The molecule has 6 nitrogen and oxygen atoms in total. The SMILES string of the molecule is N#Cc1ccc(Nc2c(F)cc(C3=NCCN3)cc2NC=O)cc1. The second kappa shape index (κ2) is 6.79. The van der Waals surface area contributed by atoms with Crippen LogP contribution in [0.15, 0.2) is 41.4 Å². The molecule has 2 aromatic carbocycles. The number of nitrogens with zero attached hydrogens (tertiary/aromatic N) is 2. The van der Waals surface area contributed by atoms with E-state index in [0.717, 1.165) is 0 Å². The lowest BCUT2D eigenvalue weighted by molar-refractivity contribution is -0.105. The van der Waals surface area contributed by atoms with Crippen LogP contribution in [-0.4, -0.2) is 25.3 Å². The maximum atomic E-state index is 14.6. The molecule has 0 aliphatic carbocycles. The van der Waals surface area contributed by atoms with Crippen molar-refractivity contribution in [3.8, 4) is 6.07 Å². The van der Waals surface area contributed by atoms with E-state index in [1.165, 1.54) is 6.07 Å². The number of carbonyl (C=O) groups excluding carboxylic acids is 1. The standard InChI is InChI=1S/C17H14FN5O/c18-14-7-12(17-20-5-6-21-17)8-15(22-10-24)16(14)23-13-3-1-11(9-19)2-4-13/h1-4,7-8,10,23H,5-6H2,(H,20,21)(H,22,24). The van der Waals surface area contributed by atoms with E-state index in [2.05, 4.69) is 20.9 Å². The Kier molecular flexibility index (Phi) is 4.38. The molecule has 1 aliphatic rings. The molecule has 2 aromatic rings. The Morgan fingerprint density at radius 2 is 2.08 bits per heavy atom. The smallest absolute Gasteiger partial charge is 0.211 e. The van der Waals surface area contributed by atoms with Crippen LogP contribution in [0.3, 0.4) is 0 Å². The first kappa shape index (κ1) is 15.5. The van der Waals surface area contributed by atoms with Gasteiger partial charge in [-0.15, -0.1) is 0 Å². The Morgan fingerprint density at radius 1 is 1.29 bits per heavy atom. The van der Waals surface area contributed by atoms with Gasteiger partial charge in [-0.05, 0) is 36.4 Å². The summed E-state index contributed by atoms with van der Waals surface area (Å²) in [6.45, 7) is 1.34. The van der Waals surface area contributed by atoms with Gasteiger partial charge in [-0.1, -0.05) is 0 Å². The number of aliphatic imine (C=N–C) groups is 1. The molecule has 0 spiro atoms. The molecular formula is C17H14FN5O.